The molecule has 2 nitrogen and oxygen atoms in total. The van der Waals surface area contributed by atoms with E-state index in [1.54, 1.807) is 12.1 Å². The van der Waals surface area contributed by atoms with E-state index >= 15 is 0 Å². The van der Waals surface area contributed by atoms with Crippen molar-refractivity contribution in [2.75, 3.05) is 0 Å². The lowest BCUT2D eigenvalue weighted by atomic mass is 10.1. The van der Waals surface area contributed by atoms with E-state index in [2.05, 4.69) is 13.0 Å². The first-order valence-corrected chi connectivity index (χ1v) is 7.55. The zero-order valence-electron chi connectivity index (χ0n) is 11.7. The number of nitriles is 1. The zero-order chi connectivity index (χ0) is 15.4. The summed E-state index contributed by atoms with van der Waals surface area (Å²) in [6.45, 7) is 2.58. The number of rotatable bonds is 5. The molecule has 21 heavy (non-hydrogen) atoms. The summed E-state index contributed by atoms with van der Waals surface area (Å²) in [6.07, 6.45) is 2.08. The third kappa shape index (κ3) is 3.23. The van der Waals surface area contributed by atoms with E-state index in [1.165, 1.54) is 12.1 Å². The Hall–Kier alpha value is -1.50. The van der Waals surface area contributed by atoms with Gasteiger partial charge in [-0.1, -0.05) is 36.5 Å². The average Bonchev–Trinajstić information content (AvgIpc) is 2.71. The lowest BCUT2D eigenvalue weighted by Gasteiger charge is -2.12. The molecule has 5 heteroatoms. The molecule has 0 unspecified atom stereocenters. The van der Waals surface area contributed by atoms with Crippen molar-refractivity contribution >= 4 is 23.2 Å². The number of halogens is 3. The summed E-state index contributed by atoms with van der Waals surface area (Å²) in [4.78, 5) is 0. The standard InChI is InChI=1S/C16H15Cl2FN2/c1-2-4-13-14(17)15(18)16(21(13)10-3-9-20)11-5-7-12(19)8-6-11/h5-8H,2-4,10H2,1H3. The SMILES string of the molecule is CCCc1c(Cl)c(Cl)c(-c2ccc(F)cc2)n1CCC#N. The van der Waals surface area contributed by atoms with Crippen LogP contribution in [0.5, 0.6) is 0 Å². The van der Waals surface area contributed by atoms with E-state index < -0.39 is 0 Å². The van der Waals surface area contributed by atoms with Crippen LogP contribution in [0.4, 0.5) is 4.39 Å². The maximum atomic E-state index is 13.1. The van der Waals surface area contributed by atoms with Gasteiger partial charge in [0.05, 0.1) is 28.2 Å². The molecule has 0 saturated heterocycles. The average molecular weight is 325 g/mol. The Labute approximate surface area is 133 Å². The van der Waals surface area contributed by atoms with Gasteiger partial charge in [0.15, 0.2) is 0 Å². The Bertz CT molecular complexity index is 669. The minimum Gasteiger partial charge on any atom is -0.341 e. The lowest BCUT2D eigenvalue weighted by Crippen LogP contribution is -2.05. The maximum absolute atomic E-state index is 13.1. The second-order valence-electron chi connectivity index (χ2n) is 4.74. The number of aromatic nitrogens is 1. The molecule has 2 rings (SSSR count). The van der Waals surface area contributed by atoms with Crippen molar-refractivity contribution in [3.63, 3.8) is 0 Å². The van der Waals surface area contributed by atoms with Crippen LogP contribution in [0.25, 0.3) is 11.3 Å². The van der Waals surface area contributed by atoms with Gasteiger partial charge in [0.1, 0.15) is 5.82 Å². The zero-order valence-corrected chi connectivity index (χ0v) is 13.2. The van der Waals surface area contributed by atoms with Gasteiger partial charge in [0, 0.05) is 12.2 Å². The van der Waals surface area contributed by atoms with Crippen molar-refractivity contribution in [3.05, 3.63) is 45.8 Å². The van der Waals surface area contributed by atoms with Crippen molar-refractivity contribution in [2.24, 2.45) is 0 Å². The highest BCUT2D eigenvalue weighted by atomic mass is 35.5. The first kappa shape index (κ1) is 15.9. The van der Waals surface area contributed by atoms with Crippen LogP contribution in [-0.4, -0.2) is 4.57 Å². The molecule has 0 amide bonds. The number of benzene rings is 1. The maximum Gasteiger partial charge on any atom is 0.123 e. The van der Waals surface area contributed by atoms with E-state index in [-0.39, 0.29) is 5.82 Å². The minimum atomic E-state index is -0.301. The molecule has 2 aromatic rings. The second kappa shape index (κ2) is 6.98. The van der Waals surface area contributed by atoms with Gasteiger partial charge in [-0.05, 0) is 36.2 Å². The molecule has 1 heterocycles. The van der Waals surface area contributed by atoms with Crippen molar-refractivity contribution in [2.45, 2.75) is 32.7 Å². The highest BCUT2D eigenvalue weighted by molar-refractivity contribution is 6.44. The molecule has 0 bridgehead atoms. The minimum absolute atomic E-state index is 0.301. The normalized spacial score (nSPS) is 10.6. The smallest absolute Gasteiger partial charge is 0.123 e. The Balaban J connectivity index is 2.60. The summed E-state index contributed by atoms with van der Waals surface area (Å²) < 4.78 is 15.1. The van der Waals surface area contributed by atoms with Crippen LogP contribution in [0.15, 0.2) is 24.3 Å². The van der Waals surface area contributed by atoms with Gasteiger partial charge in [-0.25, -0.2) is 4.39 Å². The van der Waals surface area contributed by atoms with Gasteiger partial charge >= 0.3 is 0 Å². The molecule has 0 aliphatic rings. The van der Waals surface area contributed by atoms with Crippen molar-refractivity contribution in [1.82, 2.24) is 4.57 Å². The van der Waals surface area contributed by atoms with Crippen LogP contribution >= 0.6 is 23.2 Å². The molecule has 0 N–H and O–H groups in total. The van der Waals surface area contributed by atoms with Crippen LogP contribution in [0.1, 0.15) is 25.5 Å². The quantitative estimate of drug-likeness (QED) is 0.717. The molecule has 1 aromatic carbocycles. The molecule has 0 spiro atoms. The Morgan fingerprint density at radius 3 is 2.43 bits per heavy atom. The van der Waals surface area contributed by atoms with Gasteiger partial charge in [-0.2, -0.15) is 5.26 Å². The monoisotopic (exact) mass is 324 g/mol. The van der Waals surface area contributed by atoms with Crippen molar-refractivity contribution in [1.29, 1.82) is 5.26 Å². The van der Waals surface area contributed by atoms with Gasteiger partial charge in [0.25, 0.3) is 0 Å². The summed E-state index contributed by atoms with van der Waals surface area (Å²) in [7, 11) is 0. The third-order valence-electron chi connectivity index (χ3n) is 3.30. The van der Waals surface area contributed by atoms with Crippen LogP contribution in [0.2, 0.25) is 10.0 Å². The predicted molar refractivity (Wildman–Crippen MR) is 84.1 cm³/mol. The molecule has 0 atom stereocenters. The van der Waals surface area contributed by atoms with Gasteiger partial charge in [0.2, 0.25) is 0 Å². The molecule has 0 aliphatic carbocycles. The van der Waals surface area contributed by atoms with Crippen molar-refractivity contribution in [3.8, 4) is 17.3 Å². The van der Waals surface area contributed by atoms with Crippen LogP contribution in [-0.2, 0) is 13.0 Å². The number of nitrogens with zero attached hydrogens (tertiary/aromatic N) is 2. The van der Waals surface area contributed by atoms with Gasteiger partial charge in [-0.15, -0.1) is 0 Å². The van der Waals surface area contributed by atoms with E-state index in [4.69, 9.17) is 28.5 Å². The fourth-order valence-electron chi connectivity index (χ4n) is 2.38. The summed E-state index contributed by atoms with van der Waals surface area (Å²) in [6, 6.07) is 8.26. The summed E-state index contributed by atoms with van der Waals surface area (Å²) in [5.74, 6) is -0.301. The Morgan fingerprint density at radius 2 is 1.86 bits per heavy atom. The van der Waals surface area contributed by atoms with E-state index in [0.29, 0.717) is 23.0 Å². The highest BCUT2D eigenvalue weighted by Gasteiger charge is 2.20. The predicted octanol–water partition coefficient (Wildman–Crippen LogP) is 5.47. The number of hydrogen-bond acceptors (Lipinski definition) is 1. The first-order chi connectivity index (χ1) is 10.1. The van der Waals surface area contributed by atoms with E-state index in [0.717, 1.165) is 29.8 Å². The van der Waals surface area contributed by atoms with Gasteiger partial charge < -0.3 is 4.57 Å². The summed E-state index contributed by atoms with van der Waals surface area (Å²) in [5.41, 5.74) is 2.47. The molecular weight excluding hydrogens is 310 g/mol. The molecule has 0 fully saturated rings. The Morgan fingerprint density at radius 1 is 1.19 bits per heavy atom. The molecule has 0 radical (unpaired) electrons. The molecule has 0 aliphatic heterocycles. The fourth-order valence-corrected chi connectivity index (χ4v) is 2.99. The highest BCUT2D eigenvalue weighted by Crippen LogP contribution is 2.39. The topological polar surface area (TPSA) is 28.7 Å². The Kier molecular flexibility index (Phi) is 5.27. The van der Waals surface area contributed by atoms with Crippen LogP contribution in [0.3, 0.4) is 0 Å². The summed E-state index contributed by atoms with van der Waals surface area (Å²) >= 11 is 12.7. The summed E-state index contributed by atoms with van der Waals surface area (Å²) in [5, 5.41) is 9.83. The van der Waals surface area contributed by atoms with Crippen LogP contribution in [0, 0.1) is 17.1 Å². The lowest BCUT2D eigenvalue weighted by molar-refractivity contribution is 0.627. The van der Waals surface area contributed by atoms with Crippen LogP contribution < -0.4 is 0 Å². The fraction of sp³-hybridized carbons (Fsp3) is 0.312. The number of hydrogen-bond donors (Lipinski definition) is 0. The largest absolute Gasteiger partial charge is 0.341 e. The van der Waals surface area contributed by atoms with E-state index in [1.807, 2.05) is 4.57 Å². The molecule has 1 aromatic heterocycles. The molecule has 110 valence electrons. The second-order valence-corrected chi connectivity index (χ2v) is 5.50. The molecule has 0 saturated carbocycles. The van der Waals surface area contributed by atoms with Crippen molar-refractivity contribution < 1.29 is 4.39 Å². The van der Waals surface area contributed by atoms with E-state index in [9.17, 15) is 4.39 Å². The van der Waals surface area contributed by atoms with Gasteiger partial charge in [-0.3, -0.25) is 0 Å². The first-order valence-electron chi connectivity index (χ1n) is 6.79. The molecular formula is C16H15Cl2FN2. The third-order valence-corrected chi connectivity index (χ3v) is 4.17.